The van der Waals surface area contributed by atoms with Gasteiger partial charge in [-0.15, -0.1) is 0 Å². The fourth-order valence-electron chi connectivity index (χ4n) is 1.96. The van der Waals surface area contributed by atoms with Gasteiger partial charge in [-0.1, -0.05) is 22.0 Å². The monoisotopic (exact) mass is 320 g/mol. The Bertz CT molecular complexity index is 534. The third kappa shape index (κ3) is 3.33. The zero-order valence-corrected chi connectivity index (χ0v) is 12.6. The maximum Gasteiger partial charge on any atom is 0.137 e. The van der Waals surface area contributed by atoms with E-state index in [1.54, 1.807) is 12.4 Å². The van der Waals surface area contributed by atoms with E-state index in [4.69, 9.17) is 10.5 Å². The second-order valence-electron chi connectivity index (χ2n) is 4.50. The predicted octanol–water partition coefficient (Wildman–Crippen LogP) is 3.54. The summed E-state index contributed by atoms with van der Waals surface area (Å²) in [7, 11) is 0. The molecule has 2 rings (SSSR count). The highest BCUT2D eigenvalue weighted by Crippen LogP contribution is 2.29. The summed E-state index contributed by atoms with van der Waals surface area (Å²) in [5, 5.41) is 0. The molecule has 0 radical (unpaired) electrons. The molecule has 0 spiro atoms. The van der Waals surface area contributed by atoms with E-state index in [9.17, 15) is 0 Å². The number of aromatic nitrogens is 1. The molecule has 0 saturated carbocycles. The molecule has 0 aliphatic heterocycles. The van der Waals surface area contributed by atoms with Gasteiger partial charge in [0.05, 0.1) is 0 Å². The quantitative estimate of drug-likeness (QED) is 0.937. The molecular weight excluding hydrogens is 304 g/mol. The summed E-state index contributed by atoms with van der Waals surface area (Å²) in [5.41, 5.74) is 9.09. The molecule has 1 atom stereocenters. The van der Waals surface area contributed by atoms with Crippen molar-refractivity contribution in [1.82, 2.24) is 4.98 Å². The van der Waals surface area contributed by atoms with Crippen LogP contribution in [0.3, 0.4) is 0 Å². The van der Waals surface area contributed by atoms with Crippen LogP contribution in [0.2, 0.25) is 0 Å². The average molecular weight is 321 g/mol. The Morgan fingerprint density at radius 2 is 2.00 bits per heavy atom. The van der Waals surface area contributed by atoms with Crippen LogP contribution in [0.4, 0.5) is 0 Å². The first-order valence-corrected chi connectivity index (χ1v) is 6.94. The first-order chi connectivity index (χ1) is 9.11. The number of benzene rings is 1. The van der Waals surface area contributed by atoms with E-state index in [1.807, 2.05) is 38.1 Å². The Balaban J connectivity index is 2.24. The maximum absolute atomic E-state index is 5.98. The third-order valence-electron chi connectivity index (χ3n) is 2.96. The summed E-state index contributed by atoms with van der Waals surface area (Å²) < 4.78 is 7.10. The summed E-state index contributed by atoms with van der Waals surface area (Å²) >= 11 is 3.55. The fourth-order valence-corrected chi connectivity index (χ4v) is 2.19. The van der Waals surface area contributed by atoms with Gasteiger partial charge < -0.3 is 10.5 Å². The van der Waals surface area contributed by atoms with E-state index in [2.05, 4.69) is 20.9 Å². The van der Waals surface area contributed by atoms with Gasteiger partial charge in [-0.05, 0) is 43.2 Å². The van der Waals surface area contributed by atoms with Crippen LogP contribution < -0.4 is 10.5 Å². The van der Waals surface area contributed by atoms with E-state index in [-0.39, 0.29) is 6.10 Å². The van der Waals surface area contributed by atoms with Gasteiger partial charge in [0.2, 0.25) is 0 Å². The first-order valence-electron chi connectivity index (χ1n) is 6.15. The number of aryl methyl sites for hydroxylation is 2. The van der Waals surface area contributed by atoms with E-state index >= 15 is 0 Å². The van der Waals surface area contributed by atoms with Crippen LogP contribution in [0.5, 0.6) is 5.75 Å². The minimum atomic E-state index is -0.173. The lowest BCUT2D eigenvalue weighted by atomic mass is 10.1. The Hall–Kier alpha value is -1.39. The SMILES string of the molecule is Cc1cc(OC(CN)c2cccnc2)cc(C)c1Br. The van der Waals surface area contributed by atoms with Crippen molar-refractivity contribution in [2.45, 2.75) is 20.0 Å². The summed E-state index contributed by atoms with van der Waals surface area (Å²) in [5.74, 6) is 0.831. The topological polar surface area (TPSA) is 48.1 Å². The number of hydrogen-bond acceptors (Lipinski definition) is 3. The van der Waals surface area contributed by atoms with E-state index in [0.29, 0.717) is 6.54 Å². The van der Waals surface area contributed by atoms with Gasteiger partial charge in [0, 0.05) is 29.0 Å². The molecule has 4 heteroatoms. The number of hydrogen-bond donors (Lipinski definition) is 1. The molecule has 2 aromatic rings. The lowest BCUT2D eigenvalue weighted by Gasteiger charge is -2.18. The molecule has 0 bridgehead atoms. The molecule has 3 nitrogen and oxygen atoms in total. The summed E-state index contributed by atoms with van der Waals surface area (Å²) in [6.45, 7) is 4.51. The van der Waals surface area contributed by atoms with Crippen LogP contribution in [-0.2, 0) is 0 Å². The van der Waals surface area contributed by atoms with Gasteiger partial charge in [-0.3, -0.25) is 4.98 Å². The largest absolute Gasteiger partial charge is 0.484 e. The zero-order chi connectivity index (χ0) is 13.8. The van der Waals surface area contributed by atoms with Crippen molar-refractivity contribution in [3.63, 3.8) is 0 Å². The Morgan fingerprint density at radius 1 is 1.32 bits per heavy atom. The number of nitrogens with two attached hydrogens (primary N) is 1. The molecule has 0 aliphatic rings. The number of halogens is 1. The minimum Gasteiger partial charge on any atom is -0.484 e. The van der Waals surface area contributed by atoms with Crippen LogP contribution in [0.15, 0.2) is 41.1 Å². The molecular formula is C15H17BrN2O. The third-order valence-corrected chi connectivity index (χ3v) is 4.21. The highest BCUT2D eigenvalue weighted by Gasteiger charge is 2.12. The molecule has 0 amide bonds. The molecule has 1 aromatic carbocycles. The summed E-state index contributed by atoms with van der Waals surface area (Å²) in [6.07, 6.45) is 3.36. The molecule has 100 valence electrons. The number of rotatable bonds is 4. The lowest BCUT2D eigenvalue weighted by molar-refractivity contribution is 0.213. The molecule has 1 heterocycles. The van der Waals surface area contributed by atoms with Gasteiger partial charge in [-0.25, -0.2) is 0 Å². The van der Waals surface area contributed by atoms with Crippen molar-refractivity contribution in [2.75, 3.05) is 6.54 Å². The van der Waals surface area contributed by atoms with Crippen LogP contribution >= 0.6 is 15.9 Å². The highest BCUT2D eigenvalue weighted by molar-refractivity contribution is 9.10. The van der Waals surface area contributed by atoms with Crippen LogP contribution in [0.25, 0.3) is 0 Å². The van der Waals surface area contributed by atoms with E-state index in [1.165, 1.54) is 0 Å². The van der Waals surface area contributed by atoms with Gasteiger partial charge in [0.1, 0.15) is 11.9 Å². The van der Waals surface area contributed by atoms with Crippen molar-refractivity contribution in [3.05, 3.63) is 57.8 Å². The summed E-state index contributed by atoms with van der Waals surface area (Å²) in [4.78, 5) is 4.10. The van der Waals surface area contributed by atoms with Gasteiger partial charge in [0.15, 0.2) is 0 Å². The van der Waals surface area contributed by atoms with Gasteiger partial charge in [-0.2, -0.15) is 0 Å². The fraction of sp³-hybridized carbons (Fsp3) is 0.267. The predicted molar refractivity (Wildman–Crippen MR) is 80.3 cm³/mol. The van der Waals surface area contributed by atoms with Crippen molar-refractivity contribution in [2.24, 2.45) is 5.73 Å². The number of pyridine rings is 1. The maximum atomic E-state index is 5.98. The van der Waals surface area contributed by atoms with Crippen LogP contribution in [0, 0.1) is 13.8 Å². The number of nitrogens with zero attached hydrogens (tertiary/aromatic N) is 1. The zero-order valence-electron chi connectivity index (χ0n) is 11.1. The van der Waals surface area contributed by atoms with Crippen LogP contribution in [0.1, 0.15) is 22.8 Å². The standard InChI is InChI=1S/C15H17BrN2O/c1-10-6-13(7-11(2)15(10)16)19-14(8-17)12-4-3-5-18-9-12/h3-7,9,14H,8,17H2,1-2H3. The normalized spacial score (nSPS) is 12.2. The number of ether oxygens (including phenoxy) is 1. The van der Waals surface area contributed by atoms with Gasteiger partial charge >= 0.3 is 0 Å². The highest BCUT2D eigenvalue weighted by atomic mass is 79.9. The molecule has 0 saturated heterocycles. The Morgan fingerprint density at radius 3 is 2.53 bits per heavy atom. The smallest absolute Gasteiger partial charge is 0.137 e. The lowest BCUT2D eigenvalue weighted by Crippen LogP contribution is -2.18. The minimum absolute atomic E-state index is 0.173. The average Bonchev–Trinajstić information content (AvgIpc) is 2.43. The Kier molecular flexibility index (Phi) is 4.56. The van der Waals surface area contributed by atoms with E-state index < -0.39 is 0 Å². The van der Waals surface area contributed by atoms with E-state index in [0.717, 1.165) is 26.9 Å². The molecule has 0 fully saturated rings. The molecule has 2 N–H and O–H groups in total. The van der Waals surface area contributed by atoms with Crippen molar-refractivity contribution in [3.8, 4) is 5.75 Å². The Labute approximate surface area is 121 Å². The van der Waals surface area contributed by atoms with Gasteiger partial charge in [0.25, 0.3) is 0 Å². The second kappa shape index (κ2) is 6.17. The van der Waals surface area contributed by atoms with Crippen molar-refractivity contribution >= 4 is 15.9 Å². The molecule has 0 aliphatic carbocycles. The first kappa shape index (κ1) is 14.0. The molecule has 19 heavy (non-hydrogen) atoms. The summed E-state index contributed by atoms with van der Waals surface area (Å²) in [6, 6.07) is 7.88. The molecule has 1 unspecified atom stereocenters. The van der Waals surface area contributed by atoms with Crippen molar-refractivity contribution < 1.29 is 4.74 Å². The van der Waals surface area contributed by atoms with Crippen LogP contribution in [-0.4, -0.2) is 11.5 Å². The molecule has 1 aromatic heterocycles. The van der Waals surface area contributed by atoms with Crippen molar-refractivity contribution in [1.29, 1.82) is 0 Å². The second-order valence-corrected chi connectivity index (χ2v) is 5.29.